The molecule has 1 aliphatic rings. The molecule has 0 radical (unpaired) electrons. The van der Waals surface area contributed by atoms with E-state index in [0.717, 1.165) is 28.0 Å². The van der Waals surface area contributed by atoms with E-state index in [1.54, 1.807) is 6.33 Å². The minimum Gasteiger partial charge on any atom is -0.353 e. The van der Waals surface area contributed by atoms with Crippen LogP contribution in [0.15, 0.2) is 10.9 Å². The van der Waals surface area contributed by atoms with Crippen molar-refractivity contribution in [3.63, 3.8) is 0 Å². The van der Waals surface area contributed by atoms with Crippen LogP contribution in [0.1, 0.15) is 39.5 Å². The van der Waals surface area contributed by atoms with E-state index in [1.807, 2.05) is 11.7 Å². The van der Waals surface area contributed by atoms with Crippen LogP contribution in [-0.2, 0) is 7.05 Å². The lowest BCUT2D eigenvalue weighted by Gasteiger charge is -2.40. The van der Waals surface area contributed by atoms with Gasteiger partial charge in [-0.05, 0) is 41.1 Å². The Morgan fingerprint density at radius 3 is 2.95 bits per heavy atom. The Morgan fingerprint density at radius 2 is 2.19 bits per heavy atom. The molecule has 0 amide bonds. The van der Waals surface area contributed by atoms with Crippen LogP contribution in [0.3, 0.4) is 0 Å². The lowest BCUT2D eigenvalue weighted by Crippen LogP contribution is -2.44. The Bertz CT molecular complexity index is 638. The molecule has 3 heterocycles. The lowest BCUT2D eigenvalue weighted by atomic mass is 9.89. The quantitative estimate of drug-likeness (QED) is 0.848. The van der Waals surface area contributed by atoms with Gasteiger partial charge in [0, 0.05) is 19.6 Å². The molecule has 1 saturated heterocycles. The SMILES string of the molecule is CC[C@H](C)[C@@H]1CCCCN1c1ncnc2c1c(Br)nn2C. The Hall–Kier alpha value is -1.17. The van der Waals surface area contributed by atoms with Gasteiger partial charge in [0.25, 0.3) is 0 Å². The highest BCUT2D eigenvalue weighted by atomic mass is 79.9. The maximum atomic E-state index is 4.60. The summed E-state index contributed by atoms with van der Waals surface area (Å²) in [4.78, 5) is 11.5. The van der Waals surface area contributed by atoms with E-state index in [-0.39, 0.29) is 0 Å². The largest absolute Gasteiger partial charge is 0.353 e. The fourth-order valence-electron chi connectivity index (χ4n) is 3.33. The summed E-state index contributed by atoms with van der Waals surface area (Å²) in [6.07, 6.45) is 6.65. The highest BCUT2D eigenvalue weighted by Gasteiger charge is 2.29. The third-order valence-corrected chi connectivity index (χ3v) is 5.24. The van der Waals surface area contributed by atoms with E-state index in [9.17, 15) is 0 Å². The van der Waals surface area contributed by atoms with Gasteiger partial charge >= 0.3 is 0 Å². The number of aromatic nitrogens is 4. The molecule has 0 N–H and O–H groups in total. The lowest BCUT2D eigenvalue weighted by molar-refractivity contribution is 0.347. The van der Waals surface area contributed by atoms with Crippen LogP contribution >= 0.6 is 15.9 Å². The van der Waals surface area contributed by atoms with E-state index in [2.05, 4.69) is 49.7 Å². The van der Waals surface area contributed by atoms with Crippen molar-refractivity contribution in [1.82, 2.24) is 19.7 Å². The molecule has 21 heavy (non-hydrogen) atoms. The first-order valence-corrected chi connectivity index (χ1v) is 8.52. The fraction of sp³-hybridized carbons (Fsp3) is 0.667. The summed E-state index contributed by atoms with van der Waals surface area (Å²) in [5.74, 6) is 1.70. The number of nitrogens with zero attached hydrogens (tertiary/aromatic N) is 5. The molecule has 0 aliphatic carbocycles. The molecule has 0 unspecified atom stereocenters. The zero-order valence-corrected chi connectivity index (χ0v) is 14.5. The highest BCUT2D eigenvalue weighted by molar-refractivity contribution is 9.10. The van der Waals surface area contributed by atoms with Crippen molar-refractivity contribution < 1.29 is 0 Å². The van der Waals surface area contributed by atoms with Crippen molar-refractivity contribution >= 4 is 32.8 Å². The van der Waals surface area contributed by atoms with Crippen LogP contribution in [0.5, 0.6) is 0 Å². The minimum atomic E-state index is 0.564. The average Bonchev–Trinajstić information content (AvgIpc) is 2.81. The Kier molecular flexibility index (Phi) is 4.15. The van der Waals surface area contributed by atoms with Gasteiger partial charge in [-0.2, -0.15) is 5.10 Å². The van der Waals surface area contributed by atoms with Crippen LogP contribution in [-0.4, -0.2) is 32.3 Å². The van der Waals surface area contributed by atoms with E-state index in [0.29, 0.717) is 12.0 Å². The minimum absolute atomic E-state index is 0.564. The molecule has 2 atom stereocenters. The van der Waals surface area contributed by atoms with Crippen molar-refractivity contribution in [2.24, 2.45) is 13.0 Å². The monoisotopic (exact) mass is 351 g/mol. The number of hydrogen-bond acceptors (Lipinski definition) is 4. The fourth-order valence-corrected chi connectivity index (χ4v) is 3.92. The summed E-state index contributed by atoms with van der Waals surface area (Å²) < 4.78 is 2.65. The normalized spacial score (nSPS) is 21.0. The smallest absolute Gasteiger partial charge is 0.164 e. The predicted octanol–water partition coefficient (Wildman–Crippen LogP) is 3.53. The van der Waals surface area contributed by atoms with Crippen LogP contribution in [0.4, 0.5) is 5.82 Å². The number of halogens is 1. The predicted molar refractivity (Wildman–Crippen MR) is 88.4 cm³/mol. The maximum Gasteiger partial charge on any atom is 0.164 e. The van der Waals surface area contributed by atoms with E-state index >= 15 is 0 Å². The third kappa shape index (κ3) is 2.54. The van der Waals surface area contributed by atoms with Gasteiger partial charge in [-0.1, -0.05) is 20.3 Å². The summed E-state index contributed by atoms with van der Waals surface area (Å²) in [7, 11) is 1.92. The molecule has 0 saturated carbocycles. The van der Waals surface area contributed by atoms with E-state index in [4.69, 9.17) is 0 Å². The topological polar surface area (TPSA) is 46.8 Å². The molecule has 6 heteroatoms. The van der Waals surface area contributed by atoms with Gasteiger partial charge in [-0.3, -0.25) is 0 Å². The molecule has 5 nitrogen and oxygen atoms in total. The average molecular weight is 352 g/mol. The first-order chi connectivity index (χ1) is 10.1. The molecule has 2 aromatic heterocycles. The molecule has 2 aromatic rings. The standard InChI is InChI=1S/C15H22BrN5/c1-4-10(2)11-7-5-6-8-21(11)15-12-13(16)19-20(3)14(12)17-9-18-15/h9-11H,4-8H2,1-3H3/t10-,11-/m0/s1. The second-order valence-electron chi connectivity index (χ2n) is 5.95. The van der Waals surface area contributed by atoms with Crippen LogP contribution < -0.4 is 4.90 Å². The van der Waals surface area contributed by atoms with Gasteiger partial charge in [-0.15, -0.1) is 0 Å². The summed E-state index contributed by atoms with van der Waals surface area (Å²) in [5, 5.41) is 5.48. The molecule has 114 valence electrons. The van der Waals surface area contributed by atoms with Crippen molar-refractivity contribution in [1.29, 1.82) is 0 Å². The third-order valence-electron chi connectivity index (χ3n) is 4.68. The second kappa shape index (κ2) is 5.91. The van der Waals surface area contributed by atoms with Crippen molar-refractivity contribution in [3.05, 3.63) is 10.9 Å². The highest BCUT2D eigenvalue weighted by Crippen LogP contribution is 2.35. The number of piperidine rings is 1. The van der Waals surface area contributed by atoms with E-state index in [1.165, 1.54) is 25.7 Å². The maximum absolute atomic E-state index is 4.60. The van der Waals surface area contributed by atoms with Crippen LogP contribution in [0, 0.1) is 5.92 Å². The molecule has 0 spiro atoms. The van der Waals surface area contributed by atoms with Crippen molar-refractivity contribution in [3.8, 4) is 0 Å². The molecular formula is C15H22BrN5. The summed E-state index contributed by atoms with van der Waals surface area (Å²) >= 11 is 3.57. The molecule has 3 rings (SSSR count). The van der Waals surface area contributed by atoms with Gasteiger partial charge in [0.15, 0.2) is 5.65 Å². The number of aryl methyl sites for hydroxylation is 1. The van der Waals surface area contributed by atoms with Gasteiger partial charge in [0.05, 0.1) is 5.39 Å². The van der Waals surface area contributed by atoms with E-state index < -0.39 is 0 Å². The number of rotatable bonds is 3. The zero-order chi connectivity index (χ0) is 15.0. The molecule has 1 aliphatic heterocycles. The first kappa shape index (κ1) is 14.8. The first-order valence-electron chi connectivity index (χ1n) is 7.73. The van der Waals surface area contributed by atoms with Gasteiger partial charge in [0.1, 0.15) is 16.7 Å². The van der Waals surface area contributed by atoms with Crippen LogP contribution in [0.2, 0.25) is 0 Å². The van der Waals surface area contributed by atoms with Gasteiger partial charge < -0.3 is 4.90 Å². The van der Waals surface area contributed by atoms with Gasteiger partial charge in [0.2, 0.25) is 0 Å². The Morgan fingerprint density at radius 1 is 1.38 bits per heavy atom. The number of anilines is 1. The summed E-state index contributed by atoms with van der Waals surface area (Å²) in [5.41, 5.74) is 0.889. The number of fused-ring (bicyclic) bond motifs is 1. The summed E-state index contributed by atoms with van der Waals surface area (Å²) in [6, 6.07) is 0.564. The van der Waals surface area contributed by atoms with Crippen LogP contribution in [0.25, 0.3) is 11.0 Å². The van der Waals surface area contributed by atoms with Crippen molar-refractivity contribution in [2.45, 2.75) is 45.6 Å². The van der Waals surface area contributed by atoms with Gasteiger partial charge in [-0.25, -0.2) is 14.6 Å². The molecular weight excluding hydrogens is 330 g/mol. The second-order valence-corrected chi connectivity index (χ2v) is 6.70. The molecule has 1 fully saturated rings. The Balaban J connectivity index is 2.09. The summed E-state index contributed by atoms with van der Waals surface area (Å²) in [6.45, 7) is 5.69. The molecule has 0 aromatic carbocycles. The molecule has 0 bridgehead atoms. The zero-order valence-electron chi connectivity index (χ0n) is 12.9. The number of hydrogen-bond donors (Lipinski definition) is 0. The van der Waals surface area contributed by atoms with Crippen molar-refractivity contribution in [2.75, 3.05) is 11.4 Å². The Labute approximate surface area is 133 Å².